The lowest BCUT2D eigenvalue weighted by Crippen LogP contribution is -2.02. The molecule has 2 rings (SSSR count). The van der Waals surface area contributed by atoms with E-state index in [4.69, 9.17) is 9.47 Å². The average Bonchev–Trinajstić information content (AvgIpc) is 2.36. The molecule has 0 unspecified atom stereocenters. The number of ether oxygens (including phenoxy) is 2. The third kappa shape index (κ3) is 1.58. The molecule has 1 heterocycles. The Bertz CT molecular complexity index is 537. The number of para-hydroxylation sites is 1. The summed E-state index contributed by atoms with van der Waals surface area (Å²) in [4.78, 5) is 15.7. The monoisotopic (exact) mass is 217 g/mol. The predicted molar refractivity (Wildman–Crippen MR) is 59.6 cm³/mol. The standard InChI is InChI=1S/C12H11NO3/c1-15-10-5-3-4-8-9(12(14)16-2)6-7-13-11(8)10/h3-7H,1-2H3. The number of fused-ring (bicyclic) bond motifs is 1. The Balaban J connectivity index is 2.73. The zero-order chi connectivity index (χ0) is 11.5. The van der Waals surface area contributed by atoms with Crippen molar-refractivity contribution >= 4 is 16.9 Å². The number of pyridine rings is 1. The van der Waals surface area contributed by atoms with Crippen LogP contribution in [0.15, 0.2) is 30.5 Å². The molecule has 0 aliphatic rings. The van der Waals surface area contributed by atoms with Gasteiger partial charge in [-0.2, -0.15) is 0 Å². The van der Waals surface area contributed by atoms with Gasteiger partial charge in [-0.25, -0.2) is 4.79 Å². The zero-order valence-electron chi connectivity index (χ0n) is 9.06. The van der Waals surface area contributed by atoms with E-state index in [1.54, 1.807) is 25.4 Å². The molecule has 0 bridgehead atoms. The highest BCUT2D eigenvalue weighted by Gasteiger charge is 2.12. The van der Waals surface area contributed by atoms with Gasteiger partial charge in [0.25, 0.3) is 0 Å². The van der Waals surface area contributed by atoms with Crippen molar-refractivity contribution in [2.45, 2.75) is 0 Å². The molecule has 0 N–H and O–H groups in total. The molecule has 0 atom stereocenters. The summed E-state index contributed by atoms with van der Waals surface area (Å²) in [6.45, 7) is 0. The second kappa shape index (κ2) is 4.18. The number of hydrogen-bond acceptors (Lipinski definition) is 4. The van der Waals surface area contributed by atoms with Gasteiger partial charge in [-0.3, -0.25) is 4.98 Å². The molecule has 82 valence electrons. The quantitative estimate of drug-likeness (QED) is 0.722. The second-order valence-corrected chi connectivity index (χ2v) is 3.21. The van der Waals surface area contributed by atoms with Gasteiger partial charge in [-0.05, 0) is 12.1 Å². The molecule has 0 fully saturated rings. The van der Waals surface area contributed by atoms with E-state index in [2.05, 4.69) is 4.98 Å². The van der Waals surface area contributed by atoms with Crippen LogP contribution in [0.1, 0.15) is 10.4 Å². The summed E-state index contributed by atoms with van der Waals surface area (Å²) in [6.07, 6.45) is 1.57. The van der Waals surface area contributed by atoms with Crippen LogP contribution in [0.5, 0.6) is 5.75 Å². The highest BCUT2D eigenvalue weighted by Crippen LogP contribution is 2.25. The summed E-state index contributed by atoms with van der Waals surface area (Å²) in [5.41, 5.74) is 1.15. The minimum Gasteiger partial charge on any atom is -0.494 e. The smallest absolute Gasteiger partial charge is 0.338 e. The third-order valence-corrected chi connectivity index (χ3v) is 2.36. The average molecular weight is 217 g/mol. The largest absolute Gasteiger partial charge is 0.494 e. The fourth-order valence-electron chi connectivity index (χ4n) is 1.60. The van der Waals surface area contributed by atoms with Crippen LogP contribution in [0.25, 0.3) is 10.9 Å². The first kappa shape index (κ1) is 10.4. The summed E-state index contributed by atoms with van der Waals surface area (Å²) in [5, 5.41) is 0.730. The lowest BCUT2D eigenvalue weighted by molar-refractivity contribution is 0.0603. The highest BCUT2D eigenvalue weighted by atomic mass is 16.5. The Morgan fingerprint density at radius 1 is 1.25 bits per heavy atom. The van der Waals surface area contributed by atoms with E-state index in [-0.39, 0.29) is 5.97 Å². The highest BCUT2D eigenvalue weighted by molar-refractivity contribution is 6.04. The number of nitrogens with zero attached hydrogens (tertiary/aromatic N) is 1. The molecule has 0 radical (unpaired) electrons. The molecule has 16 heavy (non-hydrogen) atoms. The Morgan fingerprint density at radius 2 is 2.06 bits per heavy atom. The van der Waals surface area contributed by atoms with Crippen LogP contribution in [0.4, 0.5) is 0 Å². The van der Waals surface area contributed by atoms with E-state index in [9.17, 15) is 4.79 Å². The van der Waals surface area contributed by atoms with Crippen LogP contribution < -0.4 is 4.74 Å². The Hall–Kier alpha value is -2.10. The summed E-state index contributed by atoms with van der Waals surface area (Å²) in [5.74, 6) is 0.268. The first-order valence-corrected chi connectivity index (χ1v) is 4.78. The molecule has 0 amide bonds. The van der Waals surface area contributed by atoms with Gasteiger partial charge in [-0.15, -0.1) is 0 Å². The summed E-state index contributed by atoms with van der Waals surface area (Å²) < 4.78 is 9.89. The van der Waals surface area contributed by atoms with Gasteiger partial charge >= 0.3 is 5.97 Å². The van der Waals surface area contributed by atoms with E-state index in [0.29, 0.717) is 16.8 Å². The number of benzene rings is 1. The van der Waals surface area contributed by atoms with E-state index >= 15 is 0 Å². The SMILES string of the molecule is COC(=O)c1ccnc2c(OC)cccc12. The molecule has 2 aromatic rings. The first-order chi connectivity index (χ1) is 7.77. The number of hydrogen-bond donors (Lipinski definition) is 0. The van der Waals surface area contributed by atoms with Crippen molar-refractivity contribution in [3.8, 4) is 5.75 Å². The second-order valence-electron chi connectivity index (χ2n) is 3.21. The van der Waals surface area contributed by atoms with Crippen molar-refractivity contribution in [1.29, 1.82) is 0 Å². The Kier molecular flexibility index (Phi) is 2.72. The Labute approximate surface area is 92.8 Å². The van der Waals surface area contributed by atoms with Crippen LogP contribution in [-0.2, 0) is 4.74 Å². The minimum atomic E-state index is -0.374. The van der Waals surface area contributed by atoms with Crippen molar-refractivity contribution in [1.82, 2.24) is 4.98 Å². The van der Waals surface area contributed by atoms with Gasteiger partial charge in [0.2, 0.25) is 0 Å². The molecule has 1 aromatic heterocycles. The maximum Gasteiger partial charge on any atom is 0.338 e. The van der Waals surface area contributed by atoms with Crippen molar-refractivity contribution in [2.75, 3.05) is 14.2 Å². The number of carbonyl (C=O) groups is 1. The minimum absolute atomic E-state index is 0.374. The molecule has 1 aromatic carbocycles. The maximum absolute atomic E-state index is 11.5. The van der Waals surface area contributed by atoms with Crippen molar-refractivity contribution in [3.05, 3.63) is 36.0 Å². The van der Waals surface area contributed by atoms with Gasteiger partial charge < -0.3 is 9.47 Å². The fourth-order valence-corrected chi connectivity index (χ4v) is 1.60. The lowest BCUT2D eigenvalue weighted by atomic mass is 10.1. The van der Waals surface area contributed by atoms with Crippen LogP contribution >= 0.6 is 0 Å². The van der Waals surface area contributed by atoms with E-state index in [0.717, 1.165) is 5.39 Å². The molecular formula is C12H11NO3. The van der Waals surface area contributed by atoms with Crippen LogP contribution in [-0.4, -0.2) is 25.2 Å². The van der Waals surface area contributed by atoms with Gasteiger partial charge in [-0.1, -0.05) is 12.1 Å². The van der Waals surface area contributed by atoms with Gasteiger partial charge in [0, 0.05) is 11.6 Å². The lowest BCUT2D eigenvalue weighted by Gasteiger charge is -2.07. The number of carbonyl (C=O) groups excluding carboxylic acids is 1. The molecule has 0 aliphatic heterocycles. The zero-order valence-corrected chi connectivity index (χ0v) is 9.06. The molecular weight excluding hydrogens is 206 g/mol. The van der Waals surface area contributed by atoms with Crippen LogP contribution in [0.3, 0.4) is 0 Å². The van der Waals surface area contributed by atoms with Gasteiger partial charge in [0.05, 0.1) is 19.8 Å². The Morgan fingerprint density at radius 3 is 2.75 bits per heavy atom. The molecule has 0 aliphatic carbocycles. The number of esters is 1. The molecule has 0 saturated carbocycles. The molecule has 4 nitrogen and oxygen atoms in total. The topological polar surface area (TPSA) is 48.4 Å². The van der Waals surface area contributed by atoms with Gasteiger partial charge in [0.15, 0.2) is 0 Å². The first-order valence-electron chi connectivity index (χ1n) is 4.78. The number of aromatic nitrogens is 1. The molecule has 0 spiro atoms. The van der Waals surface area contributed by atoms with E-state index in [1.165, 1.54) is 7.11 Å². The number of rotatable bonds is 2. The third-order valence-electron chi connectivity index (χ3n) is 2.36. The van der Waals surface area contributed by atoms with E-state index in [1.807, 2.05) is 12.1 Å². The summed E-state index contributed by atoms with van der Waals surface area (Å²) in [6, 6.07) is 7.07. The van der Waals surface area contributed by atoms with Crippen LogP contribution in [0, 0.1) is 0 Å². The molecule has 0 saturated heterocycles. The maximum atomic E-state index is 11.5. The normalized spacial score (nSPS) is 10.1. The molecule has 4 heteroatoms. The fraction of sp³-hybridized carbons (Fsp3) is 0.167. The van der Waals surface area contributed by atoms with Crippen molar-refractivity contribution < 1.29 is 14.3 Å². The van der Waals surface area contributed by atoms with Crippen molar-refractivity contribution in [3.63, 3.8) is 0 Å². The summed E-state index contributed by atoms with van der Waals surface area (Å²) >= 11 is 0. The predicted octanol–water partition coefficient (Wildman–Crippen LogP) is 2.03. The van der Waals surface area contributed by atoms with Crippen LogP contribution in [0.2, 0.25) is 0 Å². The van der Waals surface area contributed by atoms with Crippen molar-refractivity contribution in [2.24, 2.45) is 0 Å². The summed E-state index contributed by atoms with van der Waals surface area (Å²) in [7, 11) is 2.93. The number of methoxy groups -OCH3 is 2. The van der Waals surface area contributed by atoms with E-state index < -0.39 is 0 Å². The van der Waals surface area contributed by atoms with Gasteiger partial charge in [0.1, 0.15) is 11.3 Å².